The minimum atomic E-state index is -0.0382. The highest BCUT2D eigenvalue weighted by Gasteiger charge is 2.21. The van der Waals surface area contributed by atoms with Crippen LogP contribution in [-0.4, -0.2) is 72.5 Å². The van der Waals surface area contributed by atoms with Crippen LogP contribution in [0.3, 0.4) is 0 Å². The molecule has 4 rings (SSSR count). The molecule has 3 heterocycles. The number of thioether (sulfide) groups is 1. The van der Waals surface area contributed by atoms with Crippen LogP contribution in [0.25, 0.3) is 11.4 Å². The second-order valence-electron chi connectivity index (χ2n) is 7.68. The maximum atomic E-state index is 12.7. The van der Waals surface area contributed by atoms with E-state index < -0.39 is 0 Å². The van der Waals surface area contributed by atoms with Gasteiger partial charge in [0.2, 0.25) is 11.1 Å². The van der Waals surface area contributed by atoms with Gasteiger partial charge in [0.05, 0.1) is 25.6 Å². The first-order valence-corrected chi connectivity index (χ1v) is 12.8. The molecular formula is C23H29N5O3S2. The number of methoxy groups -OCH3 is 1. The Morgan fingerprint density at radius 3 is 2.85 bits per heavy atom. The summed E-state index contributed by atoms with van der Waals surface area (Å²) >= 11 is 3.16. The lowest BCUT2D eigenvalue weighted by Crippen LogP contribution is -2.38. The van der Waals surface area contributed by atoms with Crippen molar-refractivity contribution in [3.8, 4) is 17.1 Å². The van der Waals surface area contributed by atoms with E-state index in [2.05, 4.69) is 31.5 Å². The number of nitrogens with zero attached hydrogens (tertiary/aromatic N) is 3. The molecule has 1 aliphatic heterocycles. The summed E-state index contributed by atoms with van der Waals surface area (Å²) in [6.45, 7) is 5.21. The third-order valence-electron chi connectivity index (χ3n) is 5.38. The molecule has 0 spiro atoms. The lowest BCUT2D eigenvalue weighted by atomic mass is 10.2. The lowest BCUT2D eigenvalue weighted by Gasteiger charge is -2.26. The van der Waals surface area contributed by atoms with Crippen LogP contribution in [-0.2, 0) is 9.53 Å². The molecule has 0 aliphatic carbocycles. The van der Waals surface area contributed by atoms with E-state index in [0.29, 0.717) is 23.9 Å². The predicted octanol–water partition coefficient (Wildman–Crippen LogP) is 3.60. The molecule has 1 amide bonds. The van der Waals surface area contributed by atoms with E-state index in [-0.39, 0.29) is 11.2 Å². The van der Waals surface area contributed by atoms with Gasteiger partial charge in [-0.2, -0.15) is 0 Å². The van der Waals surface area contributed by atoms with E-state index in [1.807, 2.05) is 35.7 Å². The second kappa shape index (κ2) is 12.2. The van der Waals surface area contributed by atoms with E-state index in [4.69, 9.17) is 9.47 Å². The Labute approximate surface area is 202 Å². The van der Waals surface area contributed by atoms with E-state index in [0.717, 1.165) is 55.5 Å². The van der Waals surface area contributed by atoms with Crippen molar-refractivity contribution >= 4 is 29.0 Å². The summed E-state index contributed by atoms with van der Waals surface area (Å²) in [6, 6.07) is 11.7. The smallest absolute Gasteiger partial charge is 0.221 e. The third kappa shape index (κ3) is 7.04. The average Bonchev–Trinajstić information content (AvgIpc) is 3.55. The number of H-pyrrole nitrogens is 1. The van der Waals surface area contributed by atoms with Crippen molar-refractivity contribution in [2.75, 3.05) is 46.5 Å². The molecule has 10 heteroatoms. The molecule has 33 heavy (non-hydrogen) atoms. The Kier molecular flexibility index (Phi) is 8.76. The summed E-state index contributed by atoms with van der Waals surface area (Å²) in [5.41, 5.74) is 0.931. The molecule has 8 nitrogen and oxygen atoms in total. The van der Waals surface area contributed by atoms with Gasteiger partial charge in [-0.3, -0.25) is 14.8 Å². The first-order valence-electron chi connectivity index (χ1n) is 11.0. The van der Waals surface area contributed by atoms with Crippen LogP contribution in [0.15, 0.2) is 46.9 Å². The minimum Gasteiger partial charge on any atom is -0.497 e. The van der Waals surface area contributed by atoms with E-state index in [1.165, 1.54) is 11.8 Å². The van der Waals surface area contributed by atoms with Gasteiger partial charge >= 0.3 is 0 Å². The zero-order valence-electron chi connectivity index (χ0n) is 18.7. The topological polar surface area (TPSA) is 92.4 Å². The van der Waals surface area contributed by atoms with Crippen molar-refractivity contribution in [1.29, 1.82) is 0 Å². The monoisotopic (exact) mass is 487 g/mol. The van der Waals surface area contributed by atoms with Crippen LogP contribution in [0.2, 0.25) is 0 Å². The standard InChI is InChI=1S/C23H29N5O3S2/c1-30-18-7-5-17(6-8-18)22-25-23(27-26-22)33-20(19-4-2-15-32-19)16-21(29)24-9-3-10-28-11-13-31-14-12-28/h2,4-8,15,20H,3,9-14,16H2,1H3,(H,24,29)(H,25,26,27)/t20-/m1/s1. The number of carbonyl (C=O) groups excluding carboxylic acids is 1. The highest BCUT2D eigenvalue weighted by molar-refractivity contribution is 7.99. The van der Waals surface area contributed by atoms with Crippen molar-refractivity contribution in [3.63, 3.8) is 0 Å². The molecule has 0 radical (unpaired) electrons. The molecular weight excluding hydrogens is 458 g/mol. The van der Waals surface area contributed by atoms with Gasteiger partial charge in [-0.25, -0.2) is 4.98 Å². The molecule has 1 aromatic carbocycles. The van der Waals surface area contributed by atoms with Crippen LogP contribution < -0.4 is 10.1 Å². The Morgan fingerprint density at radius 2 is 2.12 bits per heavy atom. The maximum absolute atomic E-state index is 12.7. The molecule has 1 aliphatic rings. The normalized spacial score (nSPS) is 15.3. The number of hydrogen-bond acceptors (Lipinski definition) is 8. The van der Waals surface area contributed by atoms with Crippen molar-refractivity contribution in [1.82, 2.24) is 25.4 Å². The molecule has 0 unspecified atom stereocenters. The van der Waals surface area contributed by atoms with Crippen LogP contribution in [0.1, 0.15) is 23.0 Å². The van der Waals surface area contributed by atoms with E-state index in [1.54, 1.807) is 18.4 Å². The van der Waals surface area contributed by atoms with Gasteiger partial charge in [-0.05, 0) is 48.7 Å². The van der Waals surface area contributed by atoms with E-state index in [9.17, 15) is 4.79 Å². The van der Waals surface area contributed by atoms with Crippen LogP contribution in [0.5, 0.6) is 5.75 Å². The number of hydrogen-bond donors (Lipinski definition) is 2. The van der Waals surface area contributed by atoms with Gasteiger partial charge in [0.1, 0.15) is 5.75 Å². The number of amides is 1. The number of benzene rings is 1. The summed E-state index contributed by atoms with van der Waals surface area (Å²) in [5, 5.41) is 13.1. The molecule has 176 valence electrons. The maximum Gasteiger partial charge on any atom is 0.221 e. The molecule has 1 fully saturated rings. The fourth-order valence-corrected chi connectivity index (χ4v) is 5.52. The molecule has 1 atom stereocenters. The summed E-state index contributed by atoms with van der Waals surface area (Å²) in [7, 11) is 1.64. The van der Waals surface area contributed by atoms with Crippen molar-refractivity contribution < 1.29 is 14.3 Å². The summed E-state index contributed by atoms with van der Waals surface area (Å²) in [4.78, 5) is 20.8. The molecule has 2 aromatic heterocycles. The Morgan fingerprint density at radius 1 is 1.30 bits per heavy atom. The largest absolute Gasteiger partial charge is 0.497 e. The Balaban J connectivity index is 1.31. The van der Waals surface area contributed by atoms with Crippen molar-refractivity contribution in [2.24, 2.45) is 0 Å². The number of aromatic nitrogens is 3. The highest BCUT2D eigenvalue weighted by atomic mass is 32.2. The Bertz CT molecular complexity index is 988. The van der Waals surface area contributed by atoms with Crippen LogP contribution >= 0.6 is 23.1 Å². The van der Waals surface area contributed by atoms with Gasteiger partial charge in [0, 0.05) is 36.5 Å². The van der Waals surface area contributed by atoms with Crippen molar-refractivity contribution in [2.45, 2.75) is 23.2 Å². The van der Waals surface area contributed by atoms with Crippen LogP contribution in [0, 0.1) is 0 Å². The second-order valence-corrected chi connectivity index (χ2v) is 9.83. The zero-order chi connectivity index (χ0) is 22.9. The number of rotatable bonds is 11. The van der Waals surface area contributed by atoms with E-state index >= 15 is 0 Å². The number of morpholine rings is 1. The first-order chi connectivity index (χ1) is 16.2. The van der Waals surface area contributed by atoms with Gasteiger partial charge in [0.15, 0.2) is 5.82 Å². The lowest BCUT2D eigenvalue weighted by molar-refractivity contribution is -0.121. The summed E-state index contributed by atoms with van der Waals surface area (Å²) in [5.74, 6) is 1.54. The third-order valence-corrected chi connectivity index (χ3v) is 7.62. The minimum absolute atomic E-state index is 0.0382. The highest BCUT2D eigenvalue weighted by Crippen LogP contribution is 2.38. The number of nitrogens with one attached hydrogen (secondary N) is 2. The van der Waals surface area contributed by atoms with Crippen LogP contribution in [0.4, 0.5) is 0 Å². The molecule has 3 aromatic rings. The number of aromatic amines is 1. The van der Waals surface area contributed by atoms with Gasteiger partial charge in [-0.15, -0.1) is 16.4 Å². The zero-order valence-corrected chi connectivity index (χ0v) is 20.3. The number of ether oxygens (including phenoxy) is 2. The predicted molar refractivity (Wildman–Crippen MR) is 131 cm³/mol. The molecule has 1 saturated heterocycles. The molecule has 0 saturated carbocycles. The van der Waals surface area contributed by atoms with Gasteiger partial charge in [-0.1, -0.05) is 17.8 Å². The van der Waals surface area contributed by atoms with Gasteiger partial charge in [0.25, 0.3) is 0 Å². The number of carbonyl (C=O) groups is 1. The summed E-state index contributed by atoms with van der Waals surface area (Å²) in [6.07, 6.45) is 1.32. The average molecular weight is 488 g/mol. The fraction of sp³-hybridized carbons (Fsp3) is 0.435. The SMILES string of the molecule is COc1ccc(-c2nc(S[C@H](CC(=O)NCCCN3CCOCC3)c3cccs3)n[nH]2)cc1. The Hall–Kier alpha value is -2.40. The fourth-order valence-electron chi connectivity index (χ4n) is 3.57. The molecule has 0 bridgehead atoms. The first kappa shape index (κ1) is 23.7. The molecule has 2 N–H and O–H groups in total. The number of thiophene rings is 1. The van der Waals surface area contributed by atoms with Gasteiger partial charge < -0.3 is 14.8 Å². The quantitative estimate of drug-likeness (QED) is 0.315. The van der Waals surface area contributed by atoms with Crippen molar-refractivity contribution in [3.05, 3.63) is 46.7 Å². The summed E-state index contributed by atoms with van der Waals surface area (Å²) < 4.78 is 10.6.